The van der Waals surface area contributed by atoms with E-state index in [1.54, 1.807) is 0 Å². The van der Waals surface area contributed by atoms with Crippen molar-refractivity contribution in [3.63, 3.8) is 0 Å². The standard InChI is InChI=1S/C16H15ClN2O/c1-19-14(7-11-5-6-13(18)9-16(11)19)10-20-15-4-2-3-12(17)8-15/h2-9H,10,18H2,1H3. The van der Waals surface area contributed by atoms with Crippen LogP contribution in [0.15, 0.2) is 48.5 Å². The number of hydrogen-bond donors (Lipinski definition) is 1. The van der Waals surface area contributed by atoms with E-state index < -0.39 is 0 Å². The van der Waals surface area contributed by atoms with Crippen molar-refractivity contribution >= 4 is 28.2 Å². The van der Waals surface area contributed by atoms with Crippen molar-refractivity contribution in [3.05, 3.63) is 59.2 Å². The van der Waals surface area contributed by atoms with Crippen LogP contribution in [-0.2, 0) is 13.7 Å². The van der Waals surface area contributed by atoms with Gasteiger partial charge in [0.2, 0.25) is 0 Å². The predicted octanol–water partition coefficient (Wildman–Crippen LogP) is 3.99. The Balaban J connectivity index is 1.86. The average molecular weight is 287 g/mol. The molecule has 0 aliphatic rings. The van der Waals surface area contributed by atoms with Crippen LogP contribution < -0.4 is 10.5 Å². The smallest absolute Gasteiger partial charge is 0.128 e. The quantitative estimate of drug-likeness (QED) is 0.740. The lowest BCUT2D eigenvalue weighted by Crippen LogP contribution is -2.01. The number of anilines is 1. The highest BCUT2D eigenvalue weighted by molar-refractivity contribution is 6.30. The number of hydrogen-bond acceptors (Lipinski definition) is 2. The molecule has 0 fully saturated rings. The highest BCUT2D eigenvalue weighted by atomic mass is 35.5. The van der Waals surface area contributed by atoms with Gasteiger partial charge in [0.1, 0.15) is 12.4 Å². The first-order chi connectivity index (χ1) is 9.63. The van der Waals surface area contributed by atoms with Gasteiger partial charge in [-0.2, -0.15) is 0 Å². The van der Waals surface area contributed by atoms with Crippen molar-refractivity contribution in [1.29, 1.82) is 0 Å². The van der Waals surface area contributed by atoms with Crippen LogP contribution >= 0.6 is 11.6 Å². The second-order valence-corrected chi connectivity index (χ2v) is 5.20. The van der Waals surface area contributed by atoms with Crippen molar-refractivity contribution in [2.24, 2.45) is 7.05 Å². The molecule has 0 saturated heterocycles. The highest BCUT2D eigenvalue weighted by Crippen LogP contribution is 2.23. The van der Waals surface area contributed by atoms with Crippen molar-refractivity contribution in [3.8, 4) is 5.75 Å². The maximum Gasteiger partial charge on any atom is 0.128 e. The number of nitrogens with zero attached hydrogens (tertiary/aromatic N) is 1. The predicted molar refractivity (Wildman–Crippen MR) is 83.1 cm³/mol. The number of halogens is 1. The number of fused-ring (bicyclic) bond motifs is 1. The van der Waals surface area contributed by atoms with Crippen LogP contribution in [0.2, 0.25) is 5.02 Å². The van der Waals surface area contributed by atoms with E-state index in [2.05, 4.69) is 10.6 Å². The Morgan fingerprint density at radius 2 is 2.00 bits per heavy atom. The van der Waals surface area contributed by atoms with Gasteiger partial charge in [0.25, 0.3) is 0 Å². The van der Waals surface area contributed by atoms with Crippen LogP contribution in [0.5, 0.6) is 5.75 Å². The Bertz CT molecular complexity index is 764. The van der Waals surface area contributed by atoms with Gasteiger partial charge in [-0.3, -0.25) is 0 Å². The number of rotatable bonds is 3. The van der Waals surface area contributed by atoms with Crippen LogP contribution in [0.3, 0.4) is 0 Å². The maximum absolute atomic E-state index is 5.94. The summed E-state index contributed by atoms with van der Waals surface area (Å²) in [6.45, 7) is 0.491. The maximum atomic E-state index is 5.94. The zero-order valence-electron chi connectivity index (χ0n) is 11.1. The summed E-state index contributed by atoms with van der Waals surface area (Å²) < 4.78 is 7.87. The number of benzene rings is 2. The van der Waals surface area contributed by atoms with Gasteiger partial charge in [-0.05, 0) is 36.4 Å². The van der Waals surface area contributed by atoms with Crippen LogP contribution in [0.1, 0.15) is 5.69 Å². The fourth-order valence-corrected chi connectivity index (χ4v) is 2.44. The molecule has 3 nitrogen and oxygen atoms in total. The molecule has 0 atom stereocenters. The summed E-state index contributed by atoms with van der Waals surface area (Å²) in [7, 11) is 2.01. The number of nitrogens with two attached hydrogens (primary N) is 1. The van der Waals surface area contributed by atoms with E-state index in [9.17, 15) is 0 Å². The van der Waals surface area contributed by atoms with Crippen molar-refractivity contribution in [1.82, 2.24) is 4.57 Å². The number of nitrogen functional groups attached to an aromatic ring is 1. The molecule has 2 aromatic carbocycles. The van der Waals surface area contributed by atoms with Crippen molar-refractivity contribution < 1.29 is 4.74 Å². The molecule has 0 aliphatic carbocycles. The molecule has 0 spiro atoms. The number of aryl methyl sites for hydroxylation is 1. The third-order valence-electron chi connectivity index (χ3n) is 3.35. The summed E-state index contributed by atoms with van der Waals surface area (Å²) in [5.74, 6) is 0.766. The van der Waals surface area contributed by atoms with Gasteiger partial charge in [-0.1, -0.05) is 23.7 Å². The first-order valence-electron chi connectivity index (χ1n) is 6.36. The largest absolute Gasteiger partial charge is 0.487 e. The molecule has 3 aromatic rings. The Morgan fingerprint density at radius 1 is 1.15 bits per heavy atom. The SMILES string of the molecule is Cn1c(COc2cccc(Cl)c2)cc2ccc(N)cc21. The first-order valence-corrected chi connectivity index (χ1v) is 6.73. The third kappa shape index (κ3) is 2.45. The minimum absolute atomic E-state index is 0.491. The zero-order chi connectivity index (χ0) is 14.1. The summed E-state index contributed by atoms with van der Waals surface area (Å²) in [6, 6.07) is 15.4. The minimum atomic E-state index is 0.491. The molecule has 0 bridgehead atoms. The Kier molecular flexibility index (Phi) is 3.28. The molecule has 2 N–H and O–H groups in total. The Morgan fingerprint density at radius 3 is 2.80 bits per heavy atom. The molecule has 20 heavy (non-hydrogen) atoms. The monoisotopic (exact) mass is 286 g/mol. The zero-order valence-corrected chi connectivity index (χ0v) is 11.9. The second kappa shape index (κ2) is 5.10. The van der Waals surface area contributed by atoms with E-state index in [0.29, 0.717) is 11.6 Å². The van der Waals surface area contributed by atoms with E-state index in [1.807, 2.05) is 49.5 Å². The van der Waals surface area contributed by atoms with Gasteiger partial charge in [0, 0.05) is 23.1 Å². The molecule has 0 aliphatic heterocycles. The molecular formula is C16H15ClN2O. The lowest BCUT2D eigenvalue weighted by atomic mass is 10.2. The highest BCUT2D eigenvalue weighted by Gasteiger charge is 2.07. The Labute approximate surface area is 122 Å². The topological polar surface area (TPSA) is 40.2 Å². The van der Waals surface area contributed by atoms with E-state index >= 15 is 0 Å². The van der Waals surface area contributed by atoms with Gasteiger partial charge in [0.05, 0.1) is 11.2 Å². The van der Waals surface area contributed by atoms with E-state index in [0.717, 1.165) is 28.0 Å². The summed E-state index contributed by atoms with van der Waals surface area (Å²) in [5.41, 5.74) is 8.78. The molecular weight excluding hydrogens is 272 g/mol. The van der Waals surface area contributed by atoms with E-state index in [-0.39, 0.29) is 0 Å². The second-order valence-electron chi connectivity index (χ2n) is 4.76. The summed E-state index contributed by atoms with van der Waals surface area (Å²) in [5, 5.41) is 1.83. The molecule has 1 aromatic heterocycles. The molecule has 4 heteroatoms. The number of aromatic nitrogens is 1. The normalized spacial score (nSPS) is 10.9. The van der Waals surface area contributed by atoms with Crippen molar-refractivity contribution in [2.75, 3.05) is 5.73 Å². The van der Waals surface area contributed by atoms with Crippen LogP contribution in [0.4, 0.5) is 5.69 Å². The lowest BCUT2D eigenvalue weighted by Gasteiger charge is -2.08. The average Bonchev–Trinajstić information content (AvgIpc) is 2.73. The fourth-order valence-electron chi connectivity index (χ4n) is 2.26. The molecule has 0 unspecified atom stereocenters. The van der Waals surface area contributed by atoms with E-state index in [1.165, 1.54) is 0 Å². The molecule has 102 valence electrons. The Hall–Kier alpha value is -2.13. The van der Waals surface area contributed by atoms with Gasteiger partial charge >= 0.3 is 0 Å². The van der Waals surface area contributed by atoms with Crippen LogP contribution in [0.25, 0.3) is 10.9 Å². The molecule has 0 saturated carbocycles. The fraction of sp³-hybridized carbons (Fsp3) is 0.125. The van der Waals surface area contributed by atoms with Gasteiger partial charge in [0.15, 0.2) is 0 Å². The summed E-state index contributed by atoms with van der Waals surface area (Å²) in [4.78, 5) is 0. The van der Waals surface area contributed by atoms with Crippen LogP contribution in [0, 0.1) is 0 Å². The molecule has 1 heterocycles. The van der Waals surface area contributed by atoms with Crippen LogP contribution in [-0.4, -0.2) is 4.57 Å². The molecule has 3 rings (SSSR count). The summed E-state index contributed by atoms with van der Waals surface area (Å²) in [6.07, 6.45) is 0. The third-order valence-corrected chi connectivity index (χ3v) is 3.59. The molecule has 0 amide bonds. The summed E-state index contributed by atoms with van der Waals surface area (Å²) >= 11 is 5.94. The lowest BCUT2D eigenvalue weighted by molar-refractivity contribution is 0.298. The van der Waals surface area contributed by atoms with Gasteiger partial charge in [-0.25, -0.2) is 0 Å². The van der Waals surface area contributed by atoms with E-state index in [4.69, 9.17) is 22.1 Å². The van der Waals surface area contributed by atoms with Gasteiger partial charge < -0.3 is 15.0 Å². The van der Waals surface area contributed by atoms with Gasteiger partial charge in [-0.15, -0.1) is 0 Å². The number of ether oxygens (including phenoxy) is 1. The minimum Gasteiger partial charge on any atom is -0.487 e. The molecule has 0 radical (unpaired) electrons. The van der Waals surface area contributed by atoms with Crippen molar-refractivity contribution in [2.45, 2.75) is 6.61 Å². The first kappa shape index (κ1) is 12.9.